The fraction of sp³-hybridized carbons (Fsp3) is 0.182. The Morgan fingerprint density at radius 3 is 2.42 bits per heavy atom. The number of amides is 1. The highest BCUT2D eigenvalue weighted by molar-refractivity contribution is 6.03. The summed E-state index contributed by atoms with van der Waals surface area (Å²) in [5.74, 6) is -0.209. The van der Waals surface area contributed by atoms with Crippen molar-refractivity contribution in [3.05, 3.63) is 83.7 Å². The first kappa shape index (κ1) is 17.7. The fourth-order valence-corrected chi connectivity index (χ4v) is 2.85. The third-order valence-electron chi connectivity index (χ3n) is 4.44. The maximum atomic E-state index is 12.6. The van der Waals surface area contributed by atoms with Crippen molar-refractivity contribution in [3.63, 3.8) is 0 Å². The monoisotopic (exact) mass is 345 g/mol. The molecule has 0 radical (unpaired) electrons. The summed E-state index contributed by atoms with van der Waals surface area (Å²) in [5.41, 5.74) is 5.55. The number of pyridine rings is 1. The molecule has 0 unspecified atom stereocenters. The molecule has 1 heterocycles. The van der Waals surface area contributed by atoms with Gasteiger partial charge in [0, 0.05) is 29.8 Å². The van der Waals surface area contributed by atoms with Gasteiger partial charge in [-0.25, -0.2) is 0 Å². The molecule has 0 atom stereocenters. The second kappa shape index (κ2) is 7.83. The van der Waals surface area contributed by atoms with Crippen molar-refractivity contribution >= 4 is 23.0 Å². The van der Waals surface area contributed by atoms with E-state index in [1.165, 1.54) is 5.56 Å². The second-order valence-electron chi connectivity index (χ2n) is 6.23. The molecule has 0 aliphatic carbocycles. The molecule has 1 aromatic heterocycles. The Bertz CT molecular complexity index is 906. The fourth-order valence-electron chi connectivity index (χ4n) is 2.85. The SMILES string of the molecule is CCN(c1ccccc1)c1ccnc(C(=O)Nc2ccc(C)c(C)c2)c1. The van der Waals surface area contributed by atoms with Gasteiger partial charge in [0.05, 0.1) is 0 Å². The molecule has 0 fully saturated rings. The van der Waals surface area contributed by atoms with Gasteiger partial charge >= 0.3 is 0 Å². The summed E-state index contributed by atoms with van der Waals surface area (Å²) in [6, 6.07) is 19.7. The molecule has 1 N–H and O–H groups in total. The van der Waals surface area contributed by atoms with Crippen LogP contribution in [0.3, 0.4) is 0 Å². The molecule has 4 heteroatoms. The van der Waals surface area contributed by atoms with Gasteiger partial charge < -0.3 is 10.2 Å². The molecule has 26 heavy (non-hydrogen) atoms. The third kappa shape index (κ3) is 3.91. The Hall–Kier alpha value is -3.14. The molecule has 3 rings (SSSR count). The van der Waals surface area contributed by atoms with Gasteiger partial charge in [0.1, 0.15) is 5.69 Å². The Kier molecular flexibility index (Phi) is 5.32. The van der Waals surface area contributed by atoms with E-state index in [-0.39, 0.29) is 5.91 Å². The lowest BCUT2D eigenvalue weighted by atomic mass is 10.1. The Balaban J connectivity index is 1.84. The average molecular weight is 345 g/mol. The van der Waals surface area contributed by atoms with Crippen LogP contribution in [0.1, 0.15) is 28.5 Å². The maximum absolute atomic E-state index is 12.6. The normalized spacial score (nSPS) is 10.4. The van der Waals surface area contributed by atoms with Crippen molar-refractivity contribution in [3.8, 4) is 0 Å². The van der Waals surface area contributed by atoms with Crippen LogP contribution < -0.4 is 10.2 Å². The minimum absolute atomic E-state index is 0.209. The molecule has 0 spiro atoms. The molecular formula is C22H23N3O. The van der Waals surface area contributed by atoms with E-state index in [4.69, 9.17) is 0 Å². The Morgan fingerprint density at radius 2 is 1.73 bits per heavy atom. The van der Waals surface area contributed by atoms with Gasteiger partial charge in [0.15, 0.2) is 0 Å². The third-order valence-corrected chi connectivity index (χ3v) is 4.44. The summed E-state index contributed by atoms with van der Waals surface area (Å²) < 4.78 is 0. The van der Waals surface area contributed by atoms with E-state index < -0.39 is 0 Å². The predicted octanol–water partition coefficient (Wildman–Crippen LogP) is 5.11. The first-order valence-corrected chi connectivity index (χ1v) is 8.75. The molecule has 0 bridgehead atoms. The summed E-state index contributed by atoms with van der Waals surface area (Å²) in [4.78, 5) is 19.0. The highest BCUT2D eigenvalue weighted by Crippen LogP contribution is 2.25. The van der Waals surface area contributed by atoms with Crippen LogP contribution in [0.2, 0.25) is 0 Å². The number of benzene rings is 2. The number of anilines is 3. The zero-order chi connectivity index (χ0) is 18.5. The molecule has 2 aromatic carbocycles. The van der Waals surface area contributed by atoms with E-state index >= 15 is 0 Å². The molecule has 4 nitrogen and oxygen atoms in total. The summed E-state index contributed by atoms with van der Waals surface area (Å²) in [7, 11) is 0. The van der Waals surface area contributed by atoms with Crippen LogP contribution in [-0.2, 0) is 0 Å². The van der Waals surface area contributed by atoms with Crippen LogP contribution >= 0.6 is 0 Å². The van der Waals surface area contributed by atoms with E-state index in [9.17, 15) is 4.79 Å². The largest absolute Gasteiger partial charge is 0.342 e. The van der Waals surface area contributed by atoms with Gasteiger partial charge in [-0.2, -0.15) is 0 Å². The highest BCUT2D eigenvalue weighted by atomic mass is 16.1. The van der Waals surface area contributed by atoms with E-state index in [2.05, 4.69) is 41.2 Å². The van der Waals surface area contributed by atoms with Crippen LogP contribution in [0.5, 0.6) is 0 Å². The molecule has 3 aromatic rings. The van der Waals surface area contributed by atoms with Gasteiger partial charge in [0.2, 0.25) is 0 Å². The van der Waals surface area contributed by atoms with E-state index in [1.807, 2.05) is 55.5 Å². The maximum Gasteiger partial charge on any atom is 0.274 e. The van der Waals surface area contributed by atoms with Crippen molar-refractivity contribution in [2.24, 2.45) is 0 Å². The summed E-state index contributed by atoms with van der Waals surface area (Å²) >= 11 is 0. The second-order valence-corrected chi connectivity index (χ2v) is 6.23. The first-order chi connectivity index (χ1) is 12.6. The topological polar surface area (TPSA) is 45.2 Å². The van der Waals surface area contributed by atoms with Crippen LogP contribution in [0, 0.1) is 13.8 Å². The Labute approximate surface area is 154 Å². The van der Waals surface area contributed by atoms with Gasteiger partial charge in [-0.3, -0.25) is 9.78 Å². The number of hydrogen-bond donors (Lipinski definition) is 1. The number of nitrogens with one attached hydrogen (secondary N) is 1. The summed E-state index contributed by atoms with van der Waals surface area (Å²) in [5, 5.41) is 2.93. The van der Waals surface area contributed by atoms with Crippen molar-refractivity contribution in [2.45, 2.75) is 20.8 Å². The molecule has 0 saturated carbocycles. The number of nitrogens with zero attached hydrogens (tertiary/aromatic N) is 2. The lowest BCUT2D eigenvalue weighted by Gasteiger charge is -2.23. The first-order valence-electron chi connectivity index (χ1n) is 8.75. The average Bonchev–Trinajstić information content (AvgIpc) is 2.66. The molecule has 0 saturated heterocycles. The van der Waals surface area contributed by atoms with Crippen LogP contribution in [0.25, 0.3) is 0 Å². The van der Waals surface area contributed by atoms with Crippen molar-refractivity contribution in [1.82, 2.24) is 4.98 Å². The van der Waals surface area contributed by atoms with E-state index in [0.717, 1.165) is 29.2 Å². The highest BCUT2D eigenvalue weighted by Gasteiger charge is 2.12. The minimum atomic E-state index is -0.209. The Morgan fingerprint density at radius 1 is 0.962 bits per heavy atom. The lowest BCUT2D eigenvalue weighted by Crippen LogP contribution is -2.18. The molecule has 132 valence electrons. The van der Waals surface area contributed by atoms with Crippen molar-refractivity contribution in [2.75, 3.05) is 16.8 Å². The summed E-state index contributed by atoms with van der Waals surface area (Å²) in [6.07, 6.45) is 1.68. The number of aromatic nitrogens is 1. The number of aryl methyl sites for hydroxylation is 2. The molecule has 1 amide bonds. The lowest BCUT2D eigenvalue weighted by molar-refractivity contribution is 0.102. The van der Waals surface area contributed by atoms with Gasteiger partial charge in [0.25, 0.3) is 5.91 Å². The van der Waals surface area contributed by atoms with Gasteiger partial charge in [-0.1, -0.05) is 24.3 Å². The van der Waals surface area contributed by atoms with E-state index in [0.29, 0.717) is 5.69 Å². The minimum Gasteiger partial charge on any atom is -0.342 e. The van der Waals surface area contributed by atoms with E-state index in [1.54, 1.807) is 6.20 Å². The standard InChI is InChI=1S/C22H23N3O/c1-4-25(19-8-6-5-7-9-19)20-12-13-23-21(15-20)22(26)24-18-11-10-16(2)17(3)14-18/h5-15H,4H2,1-3H3,(H,24,26). The molecule has 0 aliphatic heterocycles. The van der Waals surface area contributed by atoms with Gasteiger partial charge in [-0.05, 0) is 68.3 Å². The number of hydrogen-bond acceptors (Lipinski definition) is 3. The van der Waals surface area contributed by atoms with Crippen LogP contribution in [-0.4, -0.2) is 17.4 Å². The molecule has 0 aliphatic rings. The number of para-hydroxylation sites is 1. The summed E-state index contributed by atoms with van der Waals surface area (Å²) in [6.45, 7) is 6.96. The number of carbonyl (C=O) groups excluding carboxylic acids is 1. The van der Waals surface area contributed by atoms with Crippen LogP contribution in [0.15, 0.2) is 66.9 Å². The predicted molar refractivity (Wildman–Crippen MR) is 107 cm³/mol. The number of rotatable bonds is 5. The molecular weight excluding hydrogens is 322 g/mol. The zero-order valence-corrected chi connectivity index (χ0v) is 15.4. The zero-order valence-electron chi connectivity index (χ0n) is 15.4. The van der Waals surface area contributed by atoms with Crippen molar-refractivity contribution < 1.29 is 4.79 Å². The van der Waals surface area contributed by atoms with Crippen molar-refractivity contribution in [1.29, 1.82) is 0 Å². The smallest absolute Gasteiger partial charge is 0.274 e. The van der Waals surface area contributed by atoms with Crippen LogP contribution in [0.4, 0.5) is 17.1 Å². The number of carbonyl (C=O) groups is 1. The van der Waals surface area contributed by atoms with Gasteiger partial charge in [-0.15, -0.1) is 0 Å². The quantitative estimate of drug-likeness (QED) is 0.699.